The molecular weight excluding hydrogens is 242 g/mol. The maximum absolute atomic E-state index is 9.71. The first kappa shape index (κ1) is 15.8. The highest BCUT2D eigenvalue weighted by atomic mass is 16.5. The summed E-state index contributed by atoms with van der Waals surface area (Å²) < 4.78 is 10.6. The van der Waals surface area contributed by atoms with Crippen LogP contribution in [0.15, 0.2) is 18.2 Å². The molecule has 0 saturated heterocycles. The number of phenolic OH excluding ortho intramolecular Hbond substituents is 1. The van der Waals surface area contributed by atoms with Crippen molar-refractivity contribution in [3.05, 3.63) is 23.8 Å². The molecule has 1 aromatic carbocycles. The summed E-state index contributed by atoms with van der Waals surface area (Å²) in [5.74, 6) is 1.64. The first-order valence-corrected chi connectivity index (χ1v) is 6.77. The van der Waals surface area contributed by atoms with Crippen molar-refractivity contribution in [1.29, 1.82) is 0 Å². The van der Waals surface area contributed by atoms with Gasteiger partial charge >= 0.3 is 0 Å². The molecule has 0 unspecified atom stereocenters. The van der Waals surface area contributed by atoms with Crippen LogP contribution in [0.25, 0.3) is 0 Å². The van der Waals surface area contributed by atoms with Gasteiger partial charge in [-0.25, -0.2) is 0 Å². The molecule has 108 valence electrons. The summed E-state index contributed by atoms with van der Waals surface area (Å²) in [6, 6.07) is 5.25. The minimum absolute atomic E-state index is 0.296. The van der Waals surface area contributed by atoms with Gasteiger partial charge in [-0.3, -0.25) is 0 Å². The van der Waals surface area contributed by atoms with Crippen LogP contribution < -0.4 is 10.1 Å². The molecule has 0 aliphatic rings. The number of hydrogen-bond donors (Lipinski definition) is 2. The Morgan fingerprint density at radius 3 is 2.79 bits per heavy atom. The quantitative estimate of drug-likeness (QED) is 0.675. The van der Waals surface area contributed by atoms with Gasteiger partial charge in [-0.1, -0.05) is 13.8 Å². The molecule has 0 saturated carbocycles. The van der Waals surface area contributed by atoms with E-state index in [1.54, 1.807) is 19.2 Å². The number of aromatic hydroxyl groups is 1. The Balaban J connectivity index is 2.18. The van der Waals surface area contributed by atoms with Crippen LogP contribution in [-0.4, -0.2) is 32.0 Å². The van der Waals surface area contributed by atoms with Crippen LogP contribution in [0.1, 0.15) is 25.8 Å². The Morgan fingerprint density at radius 2 is 2.11 bits per heavy atom. The predicted molar refractivity (Wildman–Crippen MR) is 76.6 cm³/mol. The normalized spacial score (nSPS) is 10.9. The van der Waals surface area contributed by atoms with Crippen molar-refractivity contribution in [2.24, 2.45) is 5.92 Å². The van der Waals surface area contributed by atoms with Gasteiger partial charge in [0.1, 0.15) is 11.5 Å². The maximum Gasteiger partial charge on any atom is 0.120 e. The van der Waals surface area contributed by atoms with Crippen molar-refractivity contribution >= 4 is 0 Å². The van der Waals surface area contributed by atoms with Crippen molar-refractivity contribution in [3.8, 4) is 11.5 Å². The molecule has 0 heterocycles. The maximum atomic E-state index is 9.71. The van der Waals surface area contributed by atoms with Crippen LogP contribution in [0, 0.1) is 5.92 Å². The average molecular weight is 267 g/mol. The third-order valence-corrected chi connectivity index (χ3v) is 2.70. The van der Waals surface area contributed by atoms with E-state index in [-0.39, 0.29) is 0 Å². The highest BCUT2D eigenvalue weighted by Crippen LogP contribution is 2.22. The molecule has 1 rings (SSSR count). The summed E-state index contributed by atoms with van der Waals surface area (Å²) in [6.07, 6.45) is 0.970. The van der Waals surface area contributed by atoms with E-state index in [1.165, 1.54) is 0 Å². The Hall–Kier alpha value is -1.26. The molecule has 4 heteroatoms. The average Bonchev–Trinajstić information content (AvgIpc) is 2.39. The molecule has 1 aromatic rings. The van der Waals surface area contributed by atoms with Gasteiger partial charge in [0.25, 0.3) is 0 Å². The number of phenols is 1. The fourth-order valence-electron chi connectivity index (χ4n) is 1.67. The number of benzene rings is 1. The van der Waals surface area contributed by atoms with Gasteiger partial charge < -0.3 is 19.9 Å². The second kappa shape index (κ2) is 8.77. The Bertz CT molecular complexity index is 366. The van der Waals surface area contributed by atoms with E-state index < -0.39 is 0 Å². The van der Waals surface area contributed by atoms with Crippen LogP contribution in [0.4, 0.5) is 0 Å². The zero-order valence-corrected chi connectivity index (χ0v) is 12.1. The van der Waals surface area contributed by atoms with E-state index in [0.717, 1.165) is 37.5 Å². The fraction of sp³-hybridized carbons (Fsp3) is 0.600. The van der Waals surface area contributed by atoms with Crippen LogP contribution >= 0.6 is 0 Å². The summed E-state index contributed by atoms with van der Waals surface area (Å²) in [6.45, 7) is 7.38. The van der Waals surface area contributed by atoms with Crippen molar-refractivity contribution in [3.63, 3.8) is 0 Å². The lowest BCUT2D eigenvalue weighted by Gasteiger charge is -2.09. The third kappa shape index (κ3) is 6.45. The minimum atomic E-state index is 0.296. The zero-order chi connectivity index (χ0) is 14.1. The van der Waals surface area contributed by atoms with E-state index in [2.05, 4.69) is 19.2 Å². The fourth-order valence-corrected chi connectivity index (χ4v) is 1.67. The first-order valence-electron chi connectivity index (χ1n) is 6.77. The molecule has 4 nitrogen and oxygen atoms in total. The SMILES string of the molecule is COc1ccc(O)c(CNCCCOCC(C)C)c1. The lowest BCUT2D eigenvalue weighted by molar-refractivity contribution is 0.108. The molecule has 19 heavy (non-hydrogen) atoms. The predicted octanol–water partition coefficient (Wildman–Crippen LogP) is 2.55. The molecule has 0 aliphatic carbocycles. The first-order chi connectivity index (χ1) is 9.13. The van der Waals surface area contributed by atoms with Crippen molar-refractivity contribution in [2.45, 2.75) is 26.8 Å². The van der Waals surface area contributed by atoms with Gasteiger partial charge in [0.2, 0.25) is 0 Å². The molecular formula is C15H25NO3. The Kier molecular flexibility index (Phi) is 7.30. The van der Waals surface area contributed by atoms with Gasteiger partial charge in [0.05, 0.1) is 7.11 Å². The van der Waals surface area contributed by atoms with Crippen molar-refractivity contribution < 1.29 is 14.6 Å². The van der Waals surface area contributed by atoms with E-state index in [1.807, 2.05) is 6.07 Å². The number of hydrogen-bond acceptors (Lipinski definition) is 4. The van der Waals surface area contributed by atoms with Gasteiger partial charge in [0.15, 0.2) is 0 Å². The monoisotopic (exact) mass is 267 g/mol. The molecule has 0 aliphatic heterocycles. The van der Waals surface area contributed by atoms with Crippen LogP contribution in [0.5, 0.6) is 11.5 Å². The second-order valence-corrected chi connectivity index (χ2v) is 4.99. The Labute approximate surface area is 115 Å². The van der Waals surface area contributed by atoms with Crippen molar-refractivity contribution in [1.82, 2.24) is 5.32 Å². The molecule has 0 bridgehead atoms. The summed E-state index contributed by atoms with van der Waals surface area (Å²) in [5.41, 5.74) is 0.849. The van der Waals surface area contributed by atoms with E-state index in [4.69, 9.17) is 9.47 Å². The van der Waals surface area contributed by atoms with Gasteiger partial charge in [-0.2, -0.15) is 0 Å². The number of ether oxygens (including phenoxy) is 2. The van der Waals surface area contributed by atoms with Crippen LogP contribution in [-0.2, 0) is 11.3 Å². The standard InChI is InChI=1S/C15H25NO3/c1-12(2)11-19-8-4-7-16-10-13-9-14(18-3)5-6-15(13)17/h5-6,9,12,16-17H,4,7-8,10-11H2,1-3H3. The molecule has 0 amide bonds. The summed E-state index contributed by atoms with van der Waals surface area (Å²) in [5, 5.41) is 13.0. The lowest BCUT2D eigenvalue weighted by Crippen LogP contribution is -2.17. The third-order valence-electron chi connectivity index (χ3n) is 2.70. The van der Waals surface area contributed by atoms with Gasteiger partial charge in [-0.05, 0) is 37.1 Å². The molecule has 0 spiro atoms. The number of methoxy groups -OCH3 is 1. The lowest BCUT2D eigenvalue weighted by atomic mass is 10.2. The minimum Gasteiger partial charge on any atom is -0.508 e. The van der Waals surface area contributed by atoms with Crippen molar-refractivity contribution in [2.75, 3.05) is 26.9 Å². The van der Waals surface area contributed by atoms with Gasteiger partial charge in [0, 0.05) is 25.3 Å². The molecule has 0 fully saturated rings. The Morgan fingerprint density at radius 1 is 1.32 bits per heavy atom. The van der Waals surface area contributed by atoms with E-state index in [9.17, 15) is 5.11 Å². The summed E-state index contributed by atoms with van der Waals surface area (Å²) in [4.78, 5) is 0. The number of nitrogens with one attached hydrogen (secondary N) is 1. The van der Waals surface area contributed by atoms with Gasteiger partial charge in [-0.15, -0.1) is 0 Å². The molecule has 0 aromatic heterocycles. The number of rotatable bonds is 9. The zero-order valence-electron chi connectivity index (χ0n) is 12.1. The second-order valence-electron chi connectivity index (χ2n) is 4.99. The van der Waals surface area contributed by atoms with E-state index in [0.29, 0.717) is 18.2 Å². The highest BCUT2D eigenvalue weighted by molar-refractivity contribution is 5.39. The summed E-state index contributed by atoms with van der Waals surface area (Å²) in [7, 11) is 1.62. The van der Waals surface area contributed by atoms with E-state index >= 15 is 0 Å². The summed E-state index contributed by atoms with van der Waals surface area (Å²) >= 11 is 0. The topological polar surface area (TPSA) is 50.7 Å². The van der Waals surface area contributed by atoms with Crippen LogP contribution in [0.3, 0.4) is 0 Å². The van der Waals surface area contributed by atoms with Crippen LogP contribution in [0.2, 0.25) is 0 Å². The molecule has 2 N–H and O–H groups in total. The highest BCUT2D eigenvalue weighted by Gasteiger charge is 2.02. The molecule has 0 atom stereocenters. The largest absolute Gasteiger partial charge is 0.508 e. The molecule has 0 radical (unpaired) electrons. The smallest absolute Gasteiger partial charge is 0.120 e.